The molecule has 1 amide bonds. The van der Waals surface area contributed by atoms with Crippen molar-refractivity contribution in [3.63, 3.8) is 0 Å². The highest BCUT2D eigenvalue weighted by atomic mass is 79.9. The number of benzene rings is 2. The maximum Gasteiger partial charge on any atom is 0.269 e. The number of nitrogens with zero attached hydrogens (tertiary/aromatic N) is 4. The molecule has 178 valence electrons. The molecule has 0 unspecified atom stereocenters. The van der Waals surface area contributed by atoms with Gasteiger partial charge in [-0.2, -0.15) is 0 Å². The first-order valence-corrected chi connectivity index (χ1v) is 12.7. The van der Waals surface area contributed by atoms with Crippen LogP contribution in [-0.2, 0) is 17.9 Å². The number of hydrogen-bond donors (Lipinski definition) is 1. The molecule has 2 aliphatic rings. The predicted molar refractivity (Wildman–Crippen MR) is 137 cm³/mol. The summed E-state index contributed by atoms with van der Waals surface area (Å²) in [5.74, 6) is -0.291. The van der Waals surface area contributed by atoms with Crippen LogP contribution in [0.2, 0.25) is 0 Å². The van der Waals surface area contributed by atoms with E-state index in [1.54, 1.807) is 0 Å². The van der Waals surface area contributed by atoms with Gasteiger partial charge in [0, 0.05) is 22.4 Å². The van der Waals surface area contributed by atoms with Crippen molar-refractivity contribution in [3.8, 4) is 5.88 Å². The third-order valence-electron chi connectivity index (χ3n) is 7.28. The standard InChI is InChI=1S/C27H31BrN4O2/c1-26(2)13-20-14-27(3,15-26)16-31(20)17-32-22-10-9-19(28)12-21(22)24(25(32)34)30-29-23(33)11-18-7-5-4-6-8-18/h4-10,12,20,34H,11,13-17H2,1-3H3/t20-,27-/m1/s1. The van der Waals surface area contributed by atoms with Crippen molar-refractivity contribution in [1.29, 1.82) is 0 Å². The number of azo groups is 1. The molecular weight excluding hydrogens is 492 g/mol. The molecule has 1 N–H and O–H groups in total. The molecule has 2 aromatic carbocycles. The molecule has 7 heteroatoms. The fourth-order valence-corrected chi connectivity index (χ4v) is 6.73. The Balaban J connectivity index is 1.45. The van der Waals surface area contributed by atoms with E-state index in [0.29, 0.717) is 29.2 Å². The second-order valence-electron chi connectivity index (χ2n) is 11.1. The van der Waals surface area contributed by atoms with Crippen molar-refractivity contribution in [2.75, 3.05) is 6.54 Å². The fraction of sp³-hybridized carbons (Fsp3) is 0.444. The van der Waals surface area contributed by atoms with Crippen LogP contribution in [0.15, 0.2) is 63.2 Å². The first kappa shape index (κ1) is 23.2. The lowest BCUT2D eigenvalue weighted by Gasteiger charge is -2.40. The molecule has 3 aromatic rings. The summed E-state index contributed by atoms with van der Waals surface area (Å²) < 4.78 is 2.80. The molecule has 1 aliphatic carbocycles. The molecule has 0 radical (unpaired) electrons. The van der Waals surface area contributed by atoms with Crippen LogP contribution in [0.5, 0.6) is 5.88 Å². The second kappa shape index (κ2) is 8.61. The van der Waals surface area contributed by atoms with Gasteiger partial charge in [0.05, 0.1) is 18.6 Å². The van der Waals surface area contributed by atoms with Gasteiger partial charge < -0.3 is 5.11 Å². The molecule has 1 saturated heterocycles. The van der Waals surface area contributed by atoms with E-state index in [1.165, 1.54) is 12.8 Å². The van der Waals surface area contributed by atoms with Crippen LogP contribution >= 0.6 is 15.9 Å². The number of fused-ring (bicyclic) bond motifs is 3. The van der Waals surface area contributed by atoms with Gasteiger partial charge >= 0.3 is 0 Å². The summed E-state index contributed by atoms with van der Waals surface area (Å²) in [6, 6.07) is 15.9. The topological polar surface area (TPSA) is 70.2 Å². The molecule has 6 nitrogen and oxygen atoms in total. The molecule has 1 aliphatic heterocycles. The van der Waals surface area contributed by atoms with Crippen LogP contribution in [0.4, 0.5) is 5.69 Å². The maximum atomic E-state index is 12.4. The molecule has 2 heterocycles. The second-order valence-corrected chi connectivity index (χ2v) is 12.0. The van der Waals surface area contributed by atoms with E-state index in [1.807, 2.05) is 53.1 Å². The Morgan fingerprint density at radius 1 is 1.15 bits per heavy atom. The molecule has 0 spiro atoms. The number of carbonyl (C=O) groups excluding carboxylic acids is 1. The maximum absolute atomic E-state index is 12.4. The van der Waals surface area contributed by atoms with Crippen LogP contribution in [0.1, 0.15) is 45.6 Å². The summed E-state index contributed by atoms with van der Waals surface area (Å²) in [4.78, 5) is 14.9. The highest BCUT2D eigenvalue weighted by molar-refractivity contribution is 9.10. The number of hydrogen-bond acceptors (Lipinski definition) is 4. The van der Waals surface area contributed by atoms with Crippen molar-refractivity contribution >= 4 is 38.4 Å². The quantitative estimate of drug-likeness (QED) is 0.373. The van der Waals surface area contributed by atoms with Crippen LogP contribution in [0.3, 0.4) is 0 Å². The van der Waals surface area contributed by atoms with Gasteiger partial charge in [0.15, 0.2) is 5.69 Å². The molecule has 34 heavy (non-hydrogen) atoms. The number of aromatic nitrogens is 1. The third-order valence-corrected chi connectivity index (χ3v) is 7.77. The molecule has 2 atom stereocenters. The lowest BCUT2D eigenvalue weighted by molar-refractivity contribution is -0.117. The van der Waals surface area contributed by atoms with E-state index in [-0.39, 0.29) is 18.2 Å². The minimum atomic E-state index is -0.343. The molecule has 1 aromatic heterocycles. The molecule has 2 fully saturated rings. The zero-order valence-corrected chi connectivity index (χ0v) is 21.5. The van der Waals surface area contributed by atoms with E-state index >= 15 is 0 Å². The van der Waals surface area contributed by atoms with E-state index in [4.69, 9.17) is 0 Å². The lowest BCUT2D eigenvalue weighted by Crippen LogP contribution is -2.35. The van der Waals surface area contributed by atoms with Crippen LogP contribution < -0.4 is 0 Å². The van der Waals surface area contributed by atoms with Crippen LogP contribution in [0.25, 0.3) is 10.9 Å². The zero-order chi connectivity index (χ0) is 24.1. The Kier molecular flexibility index (Phi) is 5.89. The summed E-state index contributed by atoms with van der Waals surface area (Å²) in [5, 5.41) is 20.2. The van der Waals surface area contributed by atoms with Gasteiger partial charge in [-0.3, -0.25) is 14.3 Å². The normalized spacial score (nSPS) is 24.3. The van der Waals surface area contributed by atoms with Crippen LogP contribution in [0, 0.1) is 10.8 Å². The van der Waals surface area contributed by atoms with Crippen molar-refractivity contribution in [2.45, 2.75) is 59.2 Å². The van der Waals surface area contributed by atoms with E-state index in [0.717, 1.165) is 33.9 Å². The Morgan fingerprint density at radius 3 is 2.68 bits per heavy atom. The first-order valence-electron chi connectivity index (χ1n) is 11.9. The van der Waals surface area contributed by atoms with E-state index in [9.17, 15) is 9.90 Å². The lowest BCUT2D eigenvalue weighted by atomic mass is 9.65. The average Bonchev–Trinajstić information content (AvgIpc) is 3.15. The van der Waals surface area contributed by atoms with Crippen molar-refractivity contribution < 1.29 is 9.90 Å². The number of carbonyl (C=O) groups is 1. The average molecular weight is 523 g/mol. The van der Waals surface area contributed by atoms with Gasteiger partial charge in [-0.1, -0.05) is 67.0 Å². The summed E-state index contributed by atoms with van der Waals surface area (Å²) in [6.45, 7) is 8.73. The number of likely N-dealkylation sites (tertiary alicyclic amines) is 1. The molecular formula is C27H31BrN4O2. The van der Waals surface area contributed by atoms with Crippen molar-refractivity contribution in [3.05, 3.63) is 58.6 Å². The van der Waals surface area contributed by atoms with Gasteiger partial charge in [0.2, 0.25) is 5.88 Å². The number of halogens is 1. The van der Waals surface area contributed by atoms with E-state index in [2.05, 4.69) is 51.8 Å². The number of amides is 1. The zero-order valence-electron chi connectivity index (χ0n) is 20.0. The Labute approximate surface area is 208 Å². The molecule has 1 saturated carbocycles. The Hall–Kier alpha value is -2.51. The minimum absolute atomic E-state index is 0.0511. The smallest absolute Gasteiger partial charge is 0.269 e. The number of aromatic hydroxyl groups is 1. The van der Waals surface area contributed by atoms with Gasteiger partial charge in [-0.25, -0.2) is 0 Å². The predicted octanol–water partition coefficient (Wildman–Crippen LogP) is 6.82. The SMILES string of the molecule is CC1(C)C[C@@H]2C[C@@](C)(CN2Cn2c(O)c(N=NC(=O)Cc3ccccc3)c3cc(Br)ccc32)C1. The van der Waals surface area contributed by atoms with Gasteiger partial charge in [0.25, 0.3) is 5.91 Å². The molecule has 2 bridgehead atoms. The van der Waals surface area contributed by atoms with Gasteiger partial charge in [-0.15, -0.1) is 10.2 Å². The monoisotopic (exact) mass is 522 g/mol. The highest BCUT2D eigenvalue weighted by Crippen LogP contribution is 2.53. The Bertz CT molecular complexity index is 1270. The summed E-state index contributed by atoms with van der Waals surface area (Å²) in [7, 11) is 0. The minimum Gasteiger partial charge on any atom is -0.493 e. The fourth-order valence-electron chi connectivity index (χ4n) is 6.37. The van der Waals surface area contributed by atoms with Crippen molar-refractivity contribution in [2.24, 2.45) is 21.1 Å². The van der Waals surface area contributed by atoms with Gasteiger partial charge in [-0.05, 0) is 53.9 Å². The third kappa shape index (κ3) is 4.56. The van der Waals surface area contributed by atoms with Crippen molar-refractivity contribution in [1.82, 2.24) is 9.47 Å². The number of rotatable bonds is 5. The summed E-state index contributed by atoms with van der Waals surface area (Å²) in [5.41, 5.74) is 2.75. The summed E-state index contributed by atoms with van der Waals surface area (Å²) >= 11 is 3.53. The largest absolute Gasteiger partial charge is 0.493 e. The Morgan fingerprint density at radius 2 is 1.91 bits per heavy atom. The van der Waals surface area contributed by atoms with Crippen LogP contribution in [-0.4, -0.2) is 33.1 Å². The molecule has 5 rings (SSSR count). The highest BCUT2D eigenvalue weighted by Gasteiger charge is 2.49. The van der Waals surface area contributed by atoms with E-state index < -0.39 is 0 Å². The summed E-state index contributed by atoms with van der Waals surface area (Å²) in [6.07, 6.45) is 3.76. The van der Waals surface area contributed by atoms with Gasteiger partial charge in [0.1, 0.15) is 0 Å². The first-order chi connectivity index (χ1) is 16.1.